The zero-order valence-corrected chi connectivity index (χ0v) is 40.2. The Kier molecular flexibility index (Phi) is 41.0. The molecule has 58 heavy (non-hydrogen) atoms. The van der Waals surface area contributed by atoms with E-state index in [9.17, 15) is 19.4 Å². The van der Waals surface area contributed by atoms with Crippen LogP contribution >= 0.6 is 7.82 Å². The quantitative estimate of drug-likeness (QED) is 0.0244. The van der Waals surface area contributed by atoms with Crippen LogP contribution in [-0.2, 0) is 18.4 Å². The van der Waals surface area contributed by atoms with Gasteiger partial charge in [-0.05, 0) is 19.3 Å². The molecule has 0 fully saturated rings. The van der Waals surface area contributed by atoms with Gasteiger partial charge in [0.25, 0.3) is 0 Å². The summed E-state index contributed by atoms with van der Waals surface area (Å²) in [7, 11) is 1.58. The molecule has 8 nitrogen and oxygen atoms in total. The Hall–Kier alpha value is -0.760. The lowest BCUT2D eigenvalue weighted by molar-refractivity contribution is -0.870. The summed E-state index contributed by atoms with van der Waals surface area (Å²) < 4.78 is 23.6. The molecule has 0 aliphatic rings. The van der Waals surface area contributed by atoms with E-state index < -0.39 is 20.0 Å². The second-order valence-electron chi connectivity index (χ2n) is 18.6. The number of hydrogen-bond acceptors (Lipinski definition) is 5. The van der Waals surface area contributed by atoms with Gasteiger partial charge in [0.05, 0.1) is 39.9 Å². The summed E-state index contributed by atoms with van der Waals surface area (Å²) in [5.74, 6) is -0.174. The average molecular weight is 844 g/mol. The monoisotopic (exact) mass is 844 g/mol. The molecule has 346 valence electrons. The fourth-order valence-electron chi connectivity index (χ4n) is 7.51. The first kappa shape index (κ1) is 57.2. The van der Waals surface area contributed by atoms with Crippen LogP contribution in [-0.4, -0.2) is 73.4 Å². The number of aliphatic hydroxyl groups is 1. The summed E-state index contributed by atoms with van der Waals surface area (Å²) in [6.07, 6.45) is 48.6. The number of rotatable bonds is 46. The van der Waals surface area contributed by atoms with Crippen LogP contribution in [0.15, 0.2) is 12.2 Å². The molecule has 0 radical (unpaired) electrons. The van der Waals surface area contributed by atoms with Crippen LogP contribution in [0.4, 0.5) is 0 Å². The van der Waals surface area contributed by atoms with E-state index in [2.05, 4.69) is 19.2 Å². The van der Waals surface area contributed by atoms with E-state index in [0.29, 0.717) is 17.4 Å². The molecule has 9 heteroatoms. The van der Waals surface area contributed by atoms with Gasteiger partial charge >= 0.3 is 7.82 Å². The number of phosphoric ester groups is 1. The van der Waals surface area contributed by atoms with Crippen LogP contribution < -0.4 is 5.32 Å². The van der Waals surface area contributed by atoms with Crippen molar-refractivity contribution in [2.45, 2.75) is 257 Å². The topological polar surface area (TPSA) is 105 Å². The molecule has 0 aromatic carbocycles. The lowest BCUT2D eigenvalue weighted by Gasteiger charge is -2.25. The van der Waals surface area contributed by atoms with Gasteiger partial charge in [-0.25, -0.2) is 4.57 Å². The molecule has 0 aromatic rings. The summed E-state index contributed by atoms with van der Waals surface area (Å²) in [6, 6.07) is -0.840. The molecule has 0 aliphatic heterocycles. The van der Waals surface area contributed by atoms with Crippen molar-refractivity contribution in [3.05, 3.63) is 12.2 Å². The van der Waals surface area contributed by atoms with E-state index in [1.54, 1.807) is 6.08 Å². The zero-order chi connectivity index (χ0) is 42.8. The normalized spacial score (nSPS) is 14.3. The molecule has 0 aliphatic carbocycles. The van der Waals surface area contributed by atoms with E-state index in [1.165, 1.54) is 193 Å². The van der Waals surface area contributed by atoms with Crippen molar-refractivity contribution in [3.63, 3.8) is 0 Å². The summed E-state index contributed by atoms with van der Waals surface area (Å²) in [5, 5.41) is 13.9. The molecule has 0 aromatic heterocycles. The van der Waals surface area contributed by atoms with Crippen molar-refractivity contribution in [3.8, 4) is 0 Å². The molecule has 0 bridgehead atoms. The van der Waals surface area contributed by atoms with E-state index >= 15 is 0 Å². The summed E-state index contributed by atoms with van der Waals surface area (Å²) in [5.41, 5.74) is 0. The Bertz CT molecular complexity index is 958. The highest BCUT2D eigenvalue weighted by Gasteiger charge is 2.27. The first-order valence-corrected chi connectivity index (χ1v) is 26.6. The number of carbonyl (C=O) groups is 1. The fourth-order valence-corrected chi connectivity index (χ4v) is 8.25. The van der Waals surface area contributed by atoms with Crippen LogP contribution in [0.2, 0.25) is 0 Å². The molecule has 3 unspecified atom stereocenters. The summed E-state index contributed by atoms with van der Waals surface area (Å²) in [6.45, 7) is 4.84. The molecule has 3 N–H and O–H groups in total. The Balaban J connectivity index is 4.25. The molecule has 0 heterocycles. The number of carbonyl (C=O) groups excluding carboxylic acids is 1. The van der Waals surface area contributed by atoms with Crippen LogP contribution in [0.5, 0.6) is 0 Å². The first-order chi connectivity index (χ1) is 28.0. The minimum atomic E-state index is -4.33. The zero-order valence-electron chi connectivity index (χ0n) is 39.3. The average Bonchev–Trinajstić information content (AvgIpc) is 3.17. The van der Waals surface area contributed by atoms with Crippen molar-refractivity contribution in [2.24, 2.45) is 0 Å². The van der Waals surface area contributed by atoms with Gasteiger partial charge in [-0.2, -0.15) is 0 Å². The number of unbranched alkanes of at least 4 members (excludes halogenated alkanes) is 33. The van der Waals surface area contributed by atoms with Crippen molar-refractivity contribution >= 4 is 13.7 Å². The minimum Gasteiger partial charge on any atom is -0.387 e. The first-order valence-electron chi connectivity index (χ1n) is 25.1. The summed E-state index contributed by atoms with van der Waals surface area (Å²) in [4.78, 5) is 23.1. The van der Waals surface area contributed by atoms with Crippen LogP contribution in [0.25, 0.3) is 0 Å². The number of likely N-dealkylation sites (N-methyl/N-ethyl adjacent to an activating group) is 1. The van der Waals surface area contributed by atoms with Gasteiger partial charge in [-0.1, -0.05) is 231 Å². The highest BCUT2D eigenvalue weighted by molar-refractivity contribution is 7.47. The third kappa shape index (κ3) is 43.3. The largest absolute Gasteiger partial charge is 0.472 e. The number of amides is 1. The second-order valence-corrected chi connectivity index (χ2v) is 20.0. The number of hydrogen-bond donors (Lipinski definition) is 3. The molecule has 0 saturated carbocycles. The molecule has 0 saturated heterocycles. The third-order valence-electron chi connectivity index (χ3n) is 11.5. The van der Waals surface area contributed by atoms with E-state index in [4.69, 9.17) is 9.05 Å². The molecule has 0 spiro atoms. The summed E-state index contributed by atoms with van der Waals surface area (Å²) >= 11 is 0. The van der Waals surface area contributed by atoms with Gasteiger partial charge in [0.1, 0.15) is 13.2 Å². The van der Waals surface area contributed by atoms with E-state index in [1.807, 2.05) is 27.2 Å². The smallest absolute Gasteiger partial charge is 0.387 e. The van der Waals surface area contributed by atoms with Gasteiger partial charge in [-0.15, -0.1) is 0 Å². The number of allylic oxidation sites excluding steroid dienone is 1. The maximum Gasteiger partial charge on any atom is 0.472 e. The lowest BCUT2D eigenvalue weighted by Crippen LogP contribution is -2.45. The van der Waals surface area contributed by atoms with Crippen molar-refractivity contribution in [2.75, 3.05) is 40.9 Å². The lowest BCUT2D eigenvalue weighted by atomic mass is 10.0. The predicted molar refractivity (Wildman–Crippen MR) is 249 cm³/mol. The number of quaternary nitrogens is 1. The standard InChI is InChI=1S/C49H99N2O6P/c1-6-8-10-12-14-16-18-20-21-22-23-24-25-26-27-28-29-31-32-34-36-38-40-42-48(52)47(46-57-58(54,55)56-45-44-51(3,4)5)50-49(53)43-41-39-37-35-33-30-19-17-15-13-11-9-7-2/h40,42,47-48,52H,6-39,41,43-46H2,1-5H3,(H-,50,53,54,55)/p+1/b42-40+. The van der Waals surface area contributed by atoms with Gasteiger partial charge in [0.15, 0.2) is 0 Å². The number of nitrogens with one attached hydrogen (secondary N) is 1. The molecule has 1 amide bonds. The number of phosphoric acid groups is 1. The molecule has 0 rings (SSSR count). The SMILES string of the molecule is CCCCCCCCCCCCCCCCCCCCCCC/C=C/C(O)C(COP(=O)(O)OCC[N+](C)(C)C)NC(=O)CCCCCCCCCCCCCCC. The fraction of sp³-hybridized carbons (Fsp3) is 0.939. The second kappa shape index (κ2) is 41.6. The van der Waals surface area contributed by atoms with Crippen LogP contribution in [0.1, 0.15) is 245 Å². The molecular weight excluding hydrogens is 744 g/mol. The van der Waals surface area contributed by atoms with Gasteiger partial charge in [0.2, 0.25) is 5.91 Å². The van der Waals surface area contributed by atoms with Crippen LogP contribution in [0, 0.1) is 0 Å². The predicted octanol–water partition coefficient (Wildman–Crippen LogP) is 14.3. The molecule has 3 atom stereocenters. The van der Waals surface area contributed by atoms with Gasteiger partial charge in [-0.3, -0.25) is 13.8 Å². The van der Waals surface area contributed by atoms with Crippen molar-refractivity contribution in [1.82, 2.24) is 5.32 Å². The van der Waals surface area contributed by atoms with Crippen molar-refractivity contribution < 1.29 is 32.9 Å². The van der Waals surface area contributed by atoms with Gasteiger partial charge < -0.3 is 19.8 Å². The van der Waals surface area contributed by atoms with E-state index in [-0.39, 0.29) is 19.1 Å². The Morgan fingerprint density at radius 1 is 0.569 bits per heavy atom. The Morgan fingerprint density at radius 2 is 0.914 bits per heavy atom. The number of aliphatic hydroxyl groups excluding tert-OH is 1. The highest BCUT2D eigenvalue weighted by Crippen LogP contribution is 2.43. The number of nitrogens with zero attached hydrogens (tertiary/aromatic N) is 1. The van der Waals surface area contributed by atoms with Gasteiger partial charge in [0, 0.05) is 6.42 Å². The maximum atomic E-state index is 12.9. The Morgan fingerprint density at radius 3 is 1.28 bits per heavy atom. The highest BCUT2D eigenvalue weighted by atomic mass is 31.2. The third-order valence-corrected chi connectivity index (χ3v) is 12.5. The van der Waals surface area contributed by atoms with Crippen molar-refractivity contribution in [1.29, 1.82) is 0 Å². The van der Waals surface area contributed by atoms with Crippen LogP contribution in [0.3, 0.4) is 0 Å². The Labute approximate surface area is 361 Å². The maximum absolute atomic E-state index is 12.9. The minimum absolute atomic E-state index is 0.0648. The van der Waals surface area contributed by atoms with E-state index in [0.717, 1.165) is 32.1 Å². The molecular formula is C49H100N2O6P+.